The topological polar surface area (TPSA) is 35.6 Å². The van der Waals surface area contributed by atoms with Gasteiger partial charge in [-0.2, -0.15) is 0 Å². The first-order valence-corrected chi connectivity index (χ1v) is 9.24. The average molecular weight is 312 g/mol. The van der Waals surface area contributed by atoms with Crippen LogP contribution in [-0.4, -0.2) is 62.0 Å². The third-order valence-electron chi connectivity index (χ3n) is 5.15. The quantitative estimate of drug-likeness (QED) is 0.630. The van der Waals surface area contributed by atoms with Crippen molar-refractivity contribution < 1.29 is 4.79 Å². The molecule has 1 saturated heterocycles. The maximum atomic E-state index is 11.9. The zero-order chi connectivity index (χ0) is 16.4. The maximum absolute atomic E-state index is 11.9. The Hall–Kier alpha value is -0.610. The van der Waals surface area contributed by atoms with Gasteiger partial charge in [-0.05, 0) is 72.3 Å². The molecule has 4 heteroatoms. The van der Waals surface area contributed by atoms with Crippen LogP contribution >= 0.6 is 0 Å². The van der Waals surface area contributed by atoms with E-state index in [-0.39, 0.29) is 11.8 Å². The van der Waals surface area contributed by atoms with E-state index in [1.54, 1.807) is 0 Å². The minimum absolute atomic E-state index is 0.204. The number of hydrogen-bond acceptors (Lipinski definition) is 3. The summed E-state index contributed by atoms with van der Waals surface area (Å²) in [5.41, 5.74) is 0. The van der Waals surface area contributed by atoms with Crippen LogP contribution in [0.25, 0.3) is 0 Å². The Kier molecular flexibility index (Phi) is 9.73. The van der Waals surface area contributed by atoms with Crippen LogP contribution < -0.4 is 5.32 Å². The summed E-state index contributed by atoms with van der Waals surface area (Å²) >= 11 is 0. The number of hydrogen-bond donors (Lipinski definition) is 1. The van der Waals surface area contributed by atoms with Crippen molar-refractivity contribution in [3.8, 4) is 0 Å². The van der Waals surface area contributed by atoms with Gasteiger partial charge in [0, 0.05) is 18.5 Å². The Morgan fingerprint density at radius 2 is 1.82 bits per heavy atom. The lowest BCUT2D eigenvalue weighted by atomic mass is 10.0. The molecule has 0 aromatic heterocycles. The minimum atomic E-state index is 0.204. The first kappa shape index (κ1) is 19.4. The Morgan fingerprint density at radius 3 is 2.41 bits per heavy atom. The van der Waals surface area contributed by atoms with Gasteiger partial charge in [0.1, 0.15) is 0 Å². The monoisotopic (exact) mass is 311 g/mol. The summed E-state index contributed by atoms with van der Waals surface area (Å²) in [5, 5.41) is 3.08. The van der Waals surface area contributed by atoms with Crippen LogP contribution in [0.2, 0.25) is 0 Å². The van der Waals surface area contributed by atoms with Crippen LogP contribution in [0.15, 0.2) is 0 Å². The fourth-order valence-corrected chi connectivity index (χ4v) is 3.30. The van der Waals surface area contributed by atoms with Crippen LogP contribution in [0.4, 0.5) is 0 Å². The largest absolute Gasteiger partial charge is 0.356 e. The summed E-state index contributed by atoms with van der Waals surface area (Å²) in [6, 6.07) is 0.769. The van der Waals surface area contributed by atoms with Gasteiger partial charge < -0.3 is 15.1 Å². The molecule has 0 aliphatic carbocycles. The van der Waals surface area contributed by atoms with Crippen molar-refractivity contribution in [2.45, 2.75) is 64.8 Å². The zero-order valence-electron chi connectivity index (χ0n) is 15.2. The van der Waals surface area contributed by atoms with Crippen molar-refractivity contribution in [1.29, 1.82) is 0 Å². The van der Waals surface area contributed by atoms with Gasteiger partial charge in [0.25, 0.3) is 0 Å². The highest BCUT2D eigenvalue weighted by atomic mass is 16.1. The Bertz CT molecular complexity index is 297. The molecule has 0 saturated carbocycles. The molecule has 0 spiro atoms. The van der Waals surface area contributed by atoms with Crippen molar-refractivity contribution in [3.63, 3.8) is 0 Å². The van der Waals surface area contributed by atoms with Gasteiger partial charge in [-0.15, -0.1) is 0 Å². The summed E-state index contributed by atoms with van der Waals surface area (Å²) in [7, 11) is 4.48. The third kappa shape index (κ3) is 7.10. The molecule has 1 aliphatic heterocycles. The second-order valence-electron chi connectivity index (χ2n) is 6.88. The highest BCUT2D eigenvalue weighted by Crippen LogP contribution is 2.14. The summed E-state index contributed by atoms with van der Waals surface area (Å²) in [6.45, 7) is 8.68. The maximum Gasteiger partial charge on any atom is 0.223 e. The lowest BCUT2D eigenvalue weighted by Crippen LogP contribution is -2.42. The lowest BCUT2D eigenvalue weighted by molar-refractivity contribution is -0.125. The first-order valence-electron chi connectivity index (χ1n) is 9.24. The molecule has 1 heterocycles. The summed E-state index contributed by atoms with van der Waals surface area (Å²) < 4.78 is 0. The highest BCUT2D eigenvalue weighted by molar-refractivity contribution is 5.78. The van der Waals surface area contributed by atoms with Crippen molar-refractivity contribution in [1.82, 2.24) is 15.1 Å². The fraction of sp³-hybridized carbons (Fsp3) is 0.944. The van der Waals surface area contributed by atoms with E-state index in [9.17, 15) is 4.79 Å². The Morgan fingerprint density at radius 1 is 1.18 bits per heavy atom. The molecule has 0 bridgehead atoms. The number of nitrogens with zero attached hydrogens (tertiary/aromatic N) is 2. The third-order valence-corrected chi connectivity index (χ3v) is 5.15. The van der Waals surface area contributed by atoms with Crippen molar-refractivity contribution in [2.24, 2.45) is 5.92 Å². The summed E-state index contributed by atoms with van der Waals surface area (Å²) in [6.07, 6.45) is 8.06. The molecule has 1 amide bonds. The summed E-state index contributed by atoms with van der Waals surface area (Å²) in [4.78, 5) is 16.8. The number of carbonyl (C=O) groups excluding carboxylic acids is 1. The lowest BCUT2D eigenvalue weighted by Gasteiger charge is -2.35. The van der Waals surface area contributed by atoms with Gasteiger partial charge in [-0.3, -0.25) is 4.79 Å². The van der Waals surface area contributed by atoms with Gasteiger partial charge >= 0.3 is 0 Å². The molecule has 0 atom stereocenters. The van der Waals surface area contributed by atoms with Crippen LogP contribution in [0.1, 0.15) is 58.8 Å². The molecule has 4 nitrogen and oxygen atoms in total. The molecule has 0 unspecified atom stereocenters. The molecule has 1 aliphatic rings. The van der Waals surface area contributed by atoms with Crippen molar-refractivity contribution >= 4 is 5.91 Å². The predicted octanol–water partition coefficient (Wildman–Crippen LogP) is 2.74. The van der Waals surface area contributed by atoms with E-state index >= 15 is 0 Å². The molecule has 1 fully saturated rings. The zero-order valence-corrected chi connectivity index (χ0v) is 15.2. The van der Waals surface area contributed by atoms with E-state index < -0.39 is 0 Å². The number of carbonyl (C=O) groups is 1. The smallest absolute Gasteiger partial charge is 0.223 e. The normalized spacial score (nSPS) is 17.4. The van der Waals surface area contributed by atoms with E-state index in [4.69, 9.17) is 0 Å². The van der Waals surface area contributed by atoms with Crippen molar-refractivity contribution in [2.75, 3.05) is 40.3 Å². The molecular formula is C18H37N3O. The predicted molar refractivity (Wildman–Crippen MR) is 94.1 cm³/mol. The van der Waals surface area contributed by atoms with Gasteiger partial charge in [-0.25, -0.2) is 0 Å². The molecule has 22 heavy (non-hydrogen) atoms. The van der Waals surface area contributed by atoms with Crippen LogP contribution in [0, 0.1) is 5.92 Å². The van der Waals surface area contributed by atoms with Crippen LogP contribution in [0.5, 0.6) is 0 Å². The van der Waals surface area contributed by atoms with Gasteiger partial charge in [-0.1, -0.05) is 20.3 Å². The summed E-state index contributed by atoms with van der Waals surface area (Å²) in [5.74, 6) is 0.448. The molecular weight excluding hydrogens is 274 g/mol. The number of piperidine rings is 1. The Balaban J connectivity index is 2.02. The fourth-order valence-electron chi connectivity index (χ4n) is 3.30. The van der Waals surface area contributed by atoms with E-state index in [0.717, 1.165) is 31.8 Å². The molecule has 1 N–H and O–H groups in total. The van der Waals surface area contributed by atoms with E-state index in [2.05, 4.69) is 43.1 Å². The van der Waals surface area contributed by atoms with E-state index in [1.165, 1.54) is 45.3 Å². The molecule has 0 aromatic rings. The number of nitrogens with one attached hydrogen (secondary N) is 1. The van der Waals surface area contributed by atoms with Crippen LogP contribution in [-0.2, 0) is 4.79 Å². The van der Waals surface area contributed by atoms with Crippen LogP contribution in [0.3, 0.4) is 0 Å². The van der Waals surface area contributed by atoms with E-state index in [0.29, 0.717) is 0 Å². The minimum Gasteiger partial charge on any atom is -0.356 e. The van der Waals surface area contributed by atoms with Gasteiger partial charge in [0.2, 0.25) is 5.91 Å². The Labute approximate surface area is 137 Å². The number of rotatable bonds is 10. The number of likely N-dealkylation sites (tertiary alicyclic amines) is 1. The molecule has 1 rings (SSSR count). The van der Waals surface area contributed by atoms with Gasteiger partial charge in [0.05, 0.1) is 0 Å². The molecule has 130 valence electrons. The van der Waals surface area contributed by atoms with Crippen molar-refractivity contribution in [3.05, 3.63) is 0 Å². The molecule has 0 aromatic carbocycles. The highest BCUT2D eigenvalue weighted by Gasteiger charge is 2.19. The number of amides is 1. The standard InChI is InChI=1S/C18H37N3O/c1-5-16(6-2)18(22)19-12-8-7-9-13-21(4)17-10-14-20(3)15-11-17/h16-17H,5-15H2,1-4H3,(H,19,22). The first-order chi connectivity index (χ1) is 10.6. The van der Waals surface area contributed by atoms with E-state index in [1.807, 2.05) is 0 Å². The number of unbranched alkanes of at least 4 members (excludes halogenated alkanes) is 2. The van der Waals surface area contributed by atoms with Gasteiger partial charge in [0.15, 0.2) is 0 Å². The SMILES string of the molecule is CCC(CC)C(=O)NCCCCCN(C)C1CCN(C)CC1. The second kappa shape index (κ2) is 11.0. The average Bonchev–Trinajstić information content (AvgIpc) is 2.52. The second-order valence-corrected chi connectivity index (χ2v) is 6.88. The molecule has 0 radical (unpaired) electrons.